The summed E-state index contributed by atoms with van der Waals surface area (Å²) in [7, 11) is 0. The average Bonchev–Trinajstić information content (AvgIpc) is 2.56. The standard InChI is InChI=1S/C20H17N/c21-20(16-11-5-2-6-12-16)18-14-8-7-13-17(18)19(20)15-9-3-1-4-10-15/h1-14,19H,21H2. The van der Waals surface area contributed by atoms with Crippen LogP contribution in [-0.2, 0) is 5.54 Å². The molecule has 1 nitrogen and oxygen atoms in total. The molecule has 0 saturated carbocycles. The van der Waals surface area contributed by atoms with E-state index in [0.29, 0.717) is 0 Å². The van der Waals surface area contributed by atoms with Crippen molar-refractivity contribution in [1.82, 2.24) is 0 Å². The molecule has 0 aliphatic heterocycles. The molecule has 2 N–H and O–H groups in total. The number of fused-ring (bicyclic) bond motifs is 1. The lowest BCUT2D eigenvalue weighted by molar-refractivity contribution is 0.404. The van der Waals surface area contributed by atoms with Crippen molar-refractivity contribution in [1.29, 1.82) is 0 Å². The number of hydrogen-bond acceptors (Lipinski definition) is 1. The molecule has 0 radical (unpaired) electrons. The van der Waals surface area contributed by atoms with Crippen LogP contribution in [0.15, 0.2) is 84.9 Å². The van der Waals surface area contributed by atoms with Gasteiger partial charge in [0.15, 0.2) is 0 Å². The largest absolute Gasteiger partial charge is 0.317 e. The molecule has 1 aliphatic carbocycles. The number of hydrogen-bond donors (Lipinski definition) is 1. The summed E-state index contributed by atoms with van der Waals surface area (Å²) in [6.45, 7) is 0. The van der Waals surface area contributed by atoms with Crippen LogP contribution in [-0.4, -0.2) is 0 Å². The normalized spacial score (nSPS) is 23.2. The second kappa shape index (κ2) is 4.57. The predicted octanol–water partition coefficient (Wildman–Crippen LogP) is 4.03. The summed E-state index contributed by atoms with van der Waals surface area (Å²) in [6, 6.07) is 29.5. The van der Waals surface area contributed by atoms with Crippen LogP contribution in [0.4, 0.5) is 0 Å². The Morgan fingerprint density at radius 2 is 1.24 bits per heavy atom. The zero-order chi connectivity index (χ0) is 14.3. The lowest BCUT2D eigenvalue weighted by atomic mass is 9.57. The van der Waals surface area contributed by atoms with Gasteiger partial charge in [-0.2, -0.15) is 0 Å². The molecule has 0 spiro atoms. The van der Waals surface area contributed by atoms with E-state index in [-0.39, 0.29) is 5.92 Å². The summed E-state index contributed by atoms with van der Waals surface area (Å²) >= 11 is 0. The minimum Gasteiger partial charge on any atom is -0.317 e. The highest BCUT2D eigenvalue weighted by Gasteiger charge is 2.50. The van der Waals surface area contributed by atoms with Crippen LogP contribution in [0.1, 0.15) is 28.2 Å². The fourth-order valence-electron chi connectivity index (χ4n) is 3.57. The zero-order valence-electron chi connectivity index (χ0n) is 11.7. The predicted molar refractivity (Wildman–Crippen MR) is 86.1 cm³/mol. The van der Waals surface area contributed by atoms with E-state index < -0.39 is 5.54 Å². The lowest BCUT2D eigenvalue weighted by Crippen LogP contribution is -2.52. The molecule has 102 valence electrons. The maximum atomic E-state index is 6.91. The molecule has 0 heterocycles. The molecule has 2 atom stereocenters. The van der Waals surface area contributed by atoms with Gasteiger partial charge in [-0.3, -0.25) is 0 Å². The topological polar surface area (TPSA) is 26.0 Å². The Bertz CT molecular complexity index is 764. The van der Waals surface area contributed by atoms with Crippen LogP contribution in [0.2, 0.25) is 0 Å². The van der Waals surface area contributed by atoms with Crippen LogP contribution < -0.4 is 5.73 Å². The third-order valence-electron chi connectivity index (χ3n) is 4.56. The summed E-state index contributed by atoms with van der Waals surface area (Å²) in [5, 5.41) is 0. The number of benzene rings is 3. The molecule has 3 aromatic carbocycles. The Hall–Kier alpha value is -2.38. The first-order valence-electron chi connectivity index (χ1n) is 7.30. The van der Waals surface area contributed by atoms with Crippen molar-refractivity contribution < 1.29 is 0 Å². The molecule has 2 unspecified atom stereocenters. The fourth-order valence-corrected chi connectivity index (χ4v) is 3.57. The second-order valence-electron chi connectivity index (χ2n) is 5.67. The van der Waals surface area contributed by atoms with Gasteiger partial charge in [0.1, 0.15) is 0 Å². The molecule has 0 aromatic heterocycles. The zero-order valence-corrected chi connectivity index (χ0v) is 11.7. The third kappa shape index (κ3) is 1.68. The molecule has 21 heavy (non-hydrogen) atoms. The van der Waals surface area contributed by atoms with E-state index in [9.17, 15) is 0 Å². The third-order valence-corrected chi connectivity index (χ3v) is 4.56. The molecule has 1 heteroatoms. The van der Waals surface area contributed by atoms with E-state index in [0.717, 1.165) is 0 Å². The highest BCUT2D eigenvalue weighted by molar-refractivity contribution is 5.60. The first-order chi connectivity index (χ1) is 10.3. The SMILES string of the molecule is NC1(c2ccccc2)c2ccccc2C1c1ccccc1. The molecule has 0 saturated heterocycles. The van der Waals surface area contributed by atoms with Gasteiger partial charge in [-0.05, 0) is 22.3 Å². The van der Waals surface area contributed by atoms with Gasteiger partial charge in [0.25, 0.3) is 0 Å². The van der Waals surface area contributed by atoms with Gasteiger partial charge in [-0.25, -0.2) is 0 Å². The first kappa shape index (κ1) is 12.4. The number of rotatable bonds is 2. The van der Waals surface area contributed by atoms with Crippen LogP contribution in [0.5, 0.6) is 0 Å². The Balaban J connectivity index is 1.93. The molecule has 1 aliphatic rings. The van der Waals surface area contributed by atoms with Crippen molar-refractivity contribution in [2.45, 2.75) is 11.5 Å². The van der Waals surface area contributed by atoms with E-state index in [1.54, 1.807) is 0 Å². The van der Waals surface area contributed by atoms with Crippen LogP contribution in [0.3, 0.4) is 0 Å². The minimum atomic E-state index is -0.431. The molecule has 4 rings (SSSR count). The fraction of sp³-hybridized carbons (Fsp3) is 0.100. The van der Waals surface area contributed by atoms with Crippen LogP contribution >= 0.6 is 0 Å². The van der Waals surface area contributed by atoms with Crippen LogP contribution in [0, 0.1) is 0 Å². The Morgan fingerprint density at radius 1 is 0.667 bits per heavy atom. The first-order valence-corrected chi connectivity index (χ1v) is 7.30. The van der Waals surface area contributed by atoms with Gasteiger partial charge in [0, 0.05) is 5.92 Å². The van der Waals surface area contributed by atoms with E-state index >= 15 is 0 Å². The summed E-state index contributed by atoms with van der Waals surface area (Å²) in [5.41, 5.74) is 11.5. The molecule has 0 bridgehead atoms. The highest BCUT2D eigenvalue weighted by Crippen LogP contribution is 2.54. The van der Waals surface area contributed by atoms with Gasteiger partial charge in [0.05, 0.1) is 5.54 Å². The monoisotopic (exact) mass is 271 g/mol. The van der Waals surface area contributed by atoms with Crippen molar-refractivity contribution >= 4 is 0 Å². The smallest absolute Gasteiger partial charge is 0.0779 e. The Morgan fingerprint density at radius 3 is 1.95 bits per heavy atom. The van der Waals surface area contributed by atoms with Gasteiger partial charge in [0.2, 0.25) is 0 Å². The van der Waals surface area contributed by atoms with Crippen molar-refractivity contribution in [2.24, 2.45) is 5.73 Å². The summed E-state index contributed by atoms with van der Waals surface area (Å²) < 4.78 is 0. The van der Waals surface area contributed by atoms with Crippen molar-refractivity contribution in [3.05, 3.63) is 107 Å². The Labute approximate surface area is 125 Å². The average molecular weight is 271 g/mol. The van der Waals surface area contributed by atoms with Crippen molar-refractivity contribution in [2.75, 3.05) is 0 Å². The van der Waals surface area contributed by atoms with Gasteiger partial charge in [-0.15, -0.1) is 0 Å². The number of nitrogens with two attached hydrogens (primary N) is 1. The quantitative estimate of drug-likeness (QED) is 0.748. The van der Waals surface area contributed by atoms with Crippen molar-refractivity contribution in [3.8, 4) is 0 Å². The van der Waals surface area contributed by atoms with E-state index in [1.807, 2.05) is 6.07 Å². The van der Waals surface area contributed by atoms with E-state index in [4.69, 9.17) is 5.73 Å². The van der Waals surface area contributed by atoms with E-state index in [2.05, 4.69) is 78.9 Å². The lowest BCUT2D eigenvalue weighted by Gasteiger charge is -2.49. The minimum absolute atomic E-state index is 0.220. The Kier molecular flexibility index (Phi) is 2.69. The van der Waals surface area contributed by atoms with Gasteiger partial charge >= 0.3 is 0 Å². The molecular formula is C20H17N. The maximum absolute atomic E-state index is 6.91. The summed E-state index contributed by atoms with van der Waals surface area (Å²) in [6.07, 6.45) is 0. The molecule has 0 amide bonds. The molecule has 3 aromatic rings. The summed E-state index contributed by atoms with van der Waals surface area (Å²) in [4.78, 5) is 0. The maximum Gasteiger partial charge on any atom is 0.0779 e. The summed E-state index contributed by atoms with van der Waals surface area (Å²) in [5.74, 6) is 0.220. The van der Waals surface area contributed by atoms with Crippen molar-refractivity contribution in [3.63, 3.8) is 0 Å². The van der Waals surface area contributed by atoms with Gasteiger partial charge in [-0.1, -0.05) is 84.9 Å². The second-order valence-corrected chi connectivity index (χ2v) is 5.67. The highest BCUT2D eigenvalue weighted by atomic mass is 14.8. The molecular weight excluding hydrogens is 254 g/mol. The van der Waals surface area contributed by atoms with Crippen LogP contribution in [0.25, 0.3) is 0 Å². The van der Waals surface area contributed by atoms with E-state index in [1.165, 1.54) is 22.3 Å². The van der Waals surface area contributed by atoms with Gasteiger partial charge < -0.3 is 5.73 Å². The molecule has 0 fully saturated rings.